The molecule has 0 N–H and O–H groups in total. The van der Waals surface area contributed by atoms with Gasteiger partial charge in [0, 0.05) is 64.0 Å². The Labute approximate surface area is 303 Å². The molecule has 0 aliphatic heterocycles. The van der Waals surface area contributed by atoms with Crippen LogP contribution in [-0.2, 0) is 0 Å². The van der Waals surface area contributed by atoms with E-state index in [-0.39, 0.29) is 75.1 Å². The van der Waals surface area contributed by atoms with Crippen molar-refractivity contribution >= 4 is 75.4 Å². The van der Waals surface area contributed by atoms with Gasteiger partial charge in [0.2, 0.25) is 0 Å². The zero-order valence-electron chi connectivity index (χ0n) is 32.5. The summed E-state index contributed by atoms with van der Waals surface area (Å²) in [7, 11) is 0. The molecule has 7 aromatic carbocycles. The Morgan fingerprint density at radius 3 is 2.08 bits per heavy atom. The summed E-state index contributed by atoms with van der Waals surface area (Å²) in [6.45, 7) is 0. The molecule has 238 valence electrons. The van der Waals surface area contributed by atoms with E-state index in [0.717, 1.165) is 36.5 Å². The average molecular weight is 678 g/mol. The van der Waals surface area contributed by atoms with Crippen molar-refractivity contribution in [3.63, 3.8) is 0 Å². The van der Waals surface area contributed by atoms with Gasteiger partial charge in [-0.25, -0.2) is 15.0 Å². The molecule has 0 bridgehead atoms. The second-order valence-corrected chi connectivity index (χ2v) is 13.4. The number of para-hydroxylation sites is 2. The maximum atomic E-state index is 9.53. The van der Waals surface area contributed by atoms with Crippen molar-refractivity contribution in [2.24, 2.45) is 0 Å². The van der Waals surface area contributed by atoms with Crippen LogP contribution in [-0.4, -0.2) is 15.0 Å². The molecule has 0 aliphatic rings. The van der Waals surface area contributed by atoms with E-state index in [4.69, 9.17) is 27.9 Å². The Morgan fingerprint density at radius 1 is 0.451 bits per heavy atom. The molecule has 0 fully saturated rings. The van der Waals surface area contributed by atoms with Gasteiger partial charge < -0.3 is 8.83 Å². The van der Waals surface area contributed by atoms with Crippen LogP contribution in [0.3, 0.4) is 0 Å². The lowest BCUT2D eigenvalue weighted by atomic mass is 10.0. The second kappa shape index (κ2) is 10.9. The summed E-state index contributed by atoms with van der Waals surface area (Å²) >= 11 is 1.70. The van der Waals surface area contributed by atoms with Crippen LogP contribution in [0.4, 0.5) is 0 Å². The third-order valence-corrected chi connectivity index (χ3v) is 10.4. The van der Waals surface area contributed by atoms with Crippen molar-refractivity contribution in [3.05, 3.63) is 152 Å². The van der Waals surface area contributed by atoms with E-state index in [9.17, 15) is 4.11 Å². The lowest BCUT2D eigenvalue weighted by Crippen LogP contribution is -2.00. The molecule has 0 unspecified atom stereocenters. The molecule has 51 heavy (non-hydrogen) atoms. The van der Waals surface area contributed by atoms with Crippen molar-refractivity contribution in [2.45, 2.75) is 0 Å². The van der Waals surface area contributed by atoms with Gasteiger partial charge >= 0.3 is 0 Å². The molecule has 0 amide bonds. The number of aromatic nitrogens is 3. The van der Waals surface area contributed by atoms with Crippen molar-refractivity contribution in [2.75, 3.05) is 0 Å². The van der Waals surface area contributed by atoms with E-state index in [1.165, 1.54) is 0 Å². The van der Waals surface area contributed by atoms with E-state index in [1.807, 2.05) is 97.1 Å². The SMILES string of the molecule is [2H]c1c([2H])c([2H])c2c(oc3c([2H])c(-c4nc(-c5ccccc5)nc(-c5ccc6sc7ccccc7c6c5)n4)c([2H])c([2H])c32)c1-c1ccc2c(c1)oc1ccccc12. The fourth-order valence-corrected chi connectivity index (χ4v) is 7.90. The highest BCUT2D eigenvalue weighted by Gasteiger charge is 2.18. The fourth-order valence-electron chi connectivity index (χ4n) is 6.81. The van der Waals surface area contributed by atoms with Crippen molar-refractivity contribution in [1.82, 2.24) is 15.0 Å². The minimum absolute atomic E-state index is 0.0176. The standard InChI is InChI=1S/C45H25N3O2S/c1-2-9-26(10-3-1)43-46-44(28-19-22-41-36(23-28)34-12-5-7-16-40(34)51-41)48-45(47-43)29-18-21-33-35-14-8-13-30(42(35)50-39(33)25-29)27-17-20-32-31-11-4-6-15-37(31)49-38(32)24-27/h1-25H/i8D,13D,14D,18D,21D,25D. The summed E-state index contributed by atoms with van der Waals surface area (Å²) in [4.78, 5) is 14.5. The first kappa shape index (κ1) is 22.9. The Hall–Kier alpha value is -6.63. The molecular weight excluding hydrogens is 647 g/mol. The number of hydrogen-bond acceptors (Lipinski definition) is 6. The summed E-state index contributed by atoms with van der Waals surface area (Å²) < 4.78 is 69.8. The quantitative estimate of drug-likeness (QED) is 0.185. The largest absolute Gasteiger partial charge is 0.456 e. The summed E-state index contributed by atoms with van der Waals surface area (Å²) in [5.74, 6) is 0.680. The van der Waals surface area contributed by atoms with Gasteiger partial charge in [-0.05, 0) is 60.1 Å². The smallest absolute Gasteiger partial charge is 0.164 e. The maximum absolute atomic E-state index is 9.53. The molecule has 0 aliphatic carbocycles. The highest BCUT2D eigenvalue weighted by Crippen LogP contribution is 2.40. The molecule has 4 heterocycles. The van der Waals surface area contributed by atoms with E-state index in [2.05, 4.69) is 12.1 Å². The highest BCUT2D eigenvalue weighted by atomic mass is 32.1. The van der Waals surface area contributed by atoms with Gasteiger partial charge in [-0.15, -0.1) is 11.3 Å². The van der Waals surface area contributed by atoms with Gasteiger partial charge in [0.05, 0.1) is 8.22 Å². The number of furan rings is 2. The molecule has 0 radical (unpaired) electrons. The van der Waals surface area contributed by atoms with E-state index >= 15 is 0 Å². The molecule has 0 saturated heterocycles. The van der Waals surface area contributed by atoms with Gasteiger partial charge in [0.1, 0.15) is 22.3 Å². The van der Waals surface area contributed by atoms with Crippen LogP contribution in [0, 0.1) is 0 Å². The summed E-state index contributed by atoms with van der Waals surface area (Å²) in [6.07, 6.45) is 0. The third kappa shape index (κ3) is 4.50. The molecule has 0 spiro atoms. The molecule has 0 saturated carbocycles. The minimum atomic E-state index is -0.364. The minimum Gasteiger partial charge on any atom is -0.456 e. The third-order valence-electron chi connectivity index (χ3n) is 9.25. The zero-order valence-corrected chi connectivity index (χ0v) is 27.4. The number of benzene rings is 7. The lowest BCUT2D eigenvalue weighted by Gasteiger charge is -2.08. The average Bonchev–Trinajstić information content (AvgIpc) is 3.94. The first-order valence-electron chi connectivity index (χ1n) is 19.4. The lowest BCUT2D eigenvalue weighted by molar-refractivity contribution is 0.668. The number of fused-ring (bicyclic) bond motifs is 9. The molecular formula is C45H25N3O2S. The summed E-state index contributed by atoms with van der Waals surface area (Å²) in [5.41, 5.74) is 3.40. The monoisotopic (exact) mass is 677 g/mol. The van der Waals surface area contributed by atoms with Crippen molar-refractivity contribution in [1.29, 1.82) is 0 Å². The van der Waals surface area contributed by atoms with E-state index < -0.39 is 0 Å². The van der Waals surface area contributed by atoms with Crippen LogP contribution < -0.4 is 0 Å². The predicted octanol–water partition coefficient (Wildman–Crippen LogP) is 12.7. The molecule has 4 aromatic heterocycles. The van der Waals surface area contributed by atoms with Crippen LogP contribution in [0.15, 0.2) is 160 Å². The predicted molar refractivity (Wildman–Crippen MR) is 209 cm³/mol. The number of nitrogens with zero attached hydrogens (tertiary/aromatic N) is 3. The Balaban J connectivity index is 1.16. The number of thiophene rings is 1. The van der Waals surface area contributed by atoms with Gasteiger partial charge in [0.25, 0.3) is 0 Å². The highest BCUT2D eigenvalue weighted by molar-refractivity contribution is 7.25. The number of hydrogen-bond donors (Lipinski definition) is 0. The van der Waals surface area contributed by atoms with Crippen LogP contribution in [0.5, 0.6) is 0 Å². The topological polar surface area (TPSA) is 65.0 Å². The summed E-state index contributed by atoms with van der Waals surface area (Å²) in [5, 5.41) is 4.12. The Bertz CT molecular complexity index is 3510. The Kier molecular flexibility index (Phi) is 4.91. The molecule has 0 atom stereocenters. The van der Waals surface area contributed by atoms with Gasteiger partial charge in [-0.3, -0.25) is 0 Å². The second-order valence-electron chi connectivity index (χ2n) is 12.3. The zero-order chi connectivity index (χ0) is 38.7. The van der Waals surface area contributed by atoms with Gasteiger partial charge in [-0.2, -0.15) is 0 Å². The molecule has 5 nitrogen and oxygen atoms in total. The van der Waals surface area contributed by atoms with Crippen molar-refractivity contribution < 1.29 is 17.1 Å². The molecule has 6 heteroatoms. The number of rotatable bonds is 4. The first-order valence-corrected chi connectivity index (χ1v) is 17.2. The van der Waals surface area contributed by atoms with E-state index in [1.54, 1.807) is 17.4 Å². The van der Waals surface area contributed by atoms with Crippen LogP contribution in [0.1, 0.15) is 8.22 Å². The molecule has 11 rings (SSSR count). The van der Waals surface area contributed by atoms with Gasteiger partial charge in [0.15, 0.2) is 17.5 Å². The van der Waals surface area contributed by atoms with E-state index in [0.29, 0.717) is 33.9 Å². The summed E-state index contributed by atoms with van der Waals surface area (Å²) in [6, 6.07) is 34.9. The van der Waals surface area contributed by atoms with Crippen LogP contribution >= 0.6 is 11.3 Å². The van der Waals surface area contributed by atoms with Crippen molar-refractivity contribution in [3.8, 4) is 45.3 Å². The maximum Gasteiger partial charge on any atom is 0.164 e. The van der Waals surface area contributed by atoms with Gasteiger partial charge in [-0.1, -0.05) is 97.0 Å². The Morgan fingerprint density at radius 2 is 1.18 bits per heavy atom. The normalized spacial score (nSPS) is 13.6. The van der Waals surface area contributed by atoms with Crippen LogP contribution in [0.25, 0.3) is 109 Å². The first-order chi connectivity index (χ1) is 27.7. The van der Waals surface area contributed by atoms with Crippen LogP contribution in [0.2, 0.25) is 0 Å². The molecule has 11 aromatic rings. The fraction of sp³-hybridized carbons (Fsp3) is 0.